The molecule has 0 saturated carbocycles. The van der Waals surface area contributed by atoms with Crippen LogP contribution in [0.2, 0.25) is 4.34 Å². The van der Waals surface area contributed by atoms with Crippen LogP contribution in [-0.2, 0) is 10.7 Å². The summed E-state index contributed by atoms with van der Waals surface area (Å²) in [5.74, 6) is 3.32. The quantitative estimate of drug-likeness (QED) is 0.168. The Morgan fingerprint density at radius 2 is 1.32 bits per heavy atom. The topological polar surface area (TPSA) is 172 Å². The summed E-state index contributed by atoms with van der Waals surface area (Å²) in [6.45, 7) is 20.1. The Bertz CT molecular complexity index is 1310. The first-order chi connectivity index (χ1) is 18.9. The second kappa shape index (κ2) is 17.4. The molecule has 0 aliphatic carbocycles. The van der Waals surface area contributed by atoms with E-state index in [-0.39, 0.29) is 0 Å². The van der Waals surface area contributed by atoms with Crippen molar-refractivity contribution in [1.82, 2.24) is 28.7 Å². The lowest BCUT2D eigenvalue weighted by molar-refractivity contribution is 0.581. The summed E-state index contributed by atoms with van der Waals surface area (Å²) >= 11 is 11.3. The minimum Gasteiger partial charge on any atom is -0.375 e. The molecule has 4 aromatic rings. The first-order valence-electron chi connectivity index (χ1n) is 13.0. The maximum Gasteiger partial charge on any atom is 0.199 e. The van der Waals surface area contributed by atoms with Gasteiger partial charge in [0.05, 0.1) is 24.7 Å². The van der Waals surface area contributed by atoms with Crippen LogP contribution >= 0.6 is 64.5 Å². The Morgan fingerprint density at radius 1 is 0.756 bits per heavy atom. The highest BCUT2D eigenvalue weighted by molar-refractivity contribution is 7.61. The lowest BCUT2D eigenvalue weighted by Crippen LogP contribution is -1.91. The predicted octanol–water partition coefficient (Wildman–Crippen LogP) is 8.38. The Hall–Kier alpha value is -1.70. The van der Waals surface area contributed by atoms with Gasteiger partial charge < -0.3 is 21.8 Å². The molecule has 10 nitrogen and oxygen atoms in total. The smallest absolute Gasteiger partial charge is 0.199 e. The largest absolute Gasteiger partial charge is 0.375 e. The number of hydrogen-bond donors (Lipinski definition) is 3. The molecule has 6 N–H and O–H groups in total. The van der Waals surface area contributed by atoms with Gasteiger partial charge in [0.25, 0.3) is 0 Å². The van der Waals surface area contributed by atoms with Crippen molar-refractivity contribution >= 4 is 79.9 Å². The number of rotatable bonds is 6. The van der Waals surface area contributed by atoms with Crippen molar-refractivity contribution in [2.24, 2.45) is 0 Å². The summed E-state index contributed by atoms with van der Waals surface area (Å²) in [5, 5.41) is 4.67. The number of halogens is 1. The highest BCUT2D eigenvalue weighted by Crippen LogP contribution is 2.40. The van der Waals surface area contributed by atoms with Crippen LogP contribution in [0.4, 0.5) is 15.4 Å². The molecule has 0 aliphatic heterocycles. The molecule has 4 aromatic heterocycles. The number of thiazole rings is 2. The molecule has 0 unspecified atom stereocenters. The summed E-state index contributed by atoms with van der Waals surface area (Å²) in [7, 11) is -2.00. The zero-order valence-electron chi connectivity index (χ0n) is 25.4. The third-order valence-electron chi connectivity index (χ3n) is 4.79. The zero-order chi connectivity index (χ0) is 31.5. The lowest BCUT2D eigenvalue weighted by Gasteiger charge is -2.01. The molecule has 230 valence electrons. The fourth-order valence-corrected chi connectivity index (χ4v) is 7.61. The normalized spacial score (nSPS) is 11.2. The number of nitrogen functional groups attached to an aromatic ring is 3. The maximum absolute atomic E-state index is 11.5. The van der Waals surface area contributed by atoms with Crippen LogP contribution in [0.5, 0.6) is 0 Å². The number of nitrogens with zero attached hydrogens (tertiary/aromatic N) is 6. The van der Waals surface area contributed by atoms with Crippen LogP contribution in [0.25, 0.3) is 0 Å². The number of aromatic nitrogens is 6. The van der Waals surface area contributed by atoms with Crippen LogP contribution in [0.3, 0.4) is 0 Å². The fourth-order valence-electron chi connectivity index (χ4n) is 2.63. The SMILES string of the molecule is CC(C)c1csc(N)n1.CC(C)c1nc(N)sc1Cl.CC(C)c1nsc(CP(C)(C)=O)n1.CC(C)c1nsc(N)n1. The number of nitrogens with two attached hydrogens (primary N) is 3. The predicted molar refractivity (Wildman–Crippen MR) is 182 cm³/mol. The summed E-state index contributed by atoms with van der Waals surface area (Å²) in [6, 6.07) is 0. The van der Waals surface area contributed by atoms with Gasteiger partial charge in [-0.1, -0.05) is 78.3 Å². The van der Waals surface area contributed by atoms with Gasteiger partial charge in [-0.3, -0.25) is 0 Å². The molecule has 0 aliphatic rings. The van der Waals surface area contributed by atoms with Gasteiger partial charge in [-0.2, -0.15) is 8.75 Å². The second-order valence-electron chi connectivity index (χ2n) is 10.7. The molecular formula is C25H43ClN9OPS4. The van der Waals surface area contributed by atoms with E-state index >= 15 is 0 Å². The molecule has 0 bridgehead atoms. The van der Waals surface area contributed by atoms with E-state index in [2.05, 4.69) is 56.4 Å². The van der Waals surface area contributed by atoms with Crippen LogP contribution in [0.1, 0.15) is 107 Å². The molecule has 4 heterocycles. The Balaban J connectivity index is 0.000000277. The van der Waals surface area contributed by atoms with Gasteiger partial charge in [0.2, 0.25) is 0 Å². The Morgan fingerprint density at radius 3 is 1.59 bits per heavy atom. The van der Waals surface area contributed by atoms with E-state index in [1.807, 2.05) is 33.1 Å². The highest BCUT2D eigenvalue weighted by atomic mass is 35.5. The van der Waals surface area contributed by atoms with Gasteiger partial charge in [0.1, 0.15) is 21.0 Å². The summed E-state index contributed by atoms with van der Waals surface area (Å²) in [5.41, 5.74) is 18.2. The summed E-state index contributed by atoms with van der Waals surface area (Å²) in [6.07, 6.45) is 0.581. The minimum absolute atomic E-state index is 0.359. The van der Waals surface area contributed by atoms with Gasteiger partial charge in [-0.15, -0.1) is 11.3 Å². The number of anilines is 3. The standard InChI is InChI=1S/C8H15N2OPS.C6H9ClN2S.C6H10N2S.C5H9N3S/c1-6(2)8-9-7(13-10-8)5-12(3,4)11;1-3(2)4-5(7)10-6(8)9-4;1-4(2)5-3-9-6(7)8-5;1-3(2)4-7-5(6)9-8-4/h6H,5H2,1-4H3;3H,1-2H3,(H2,8,9);3-4H,1-2H3,(H2,7,8);3H,1-2H3,(H2,6,7,8). The van der Waals surface area contributed by atoms with Crippen molar-refractivity contribution in [2.75, 3.05) is 30.5 Å². The van der Waals surface area contributed by atoms with E-state index < -0.39 is 7.14 Å². The van der Waals surface area contributed by atoms with E-state index in [9.17, 15) is 4.57 Å². The van der Waals surface area contributed by atoms with Crippen LogP contribution in [0, 0.1) is 0 Å². The molecule has 0 radical (unpaired) electrons. The van der Waals surface area contributed by atoms with E-state index in [0.717, 1.165) is 28.0 Å². The van der Waals surface area contributed by atoms with E-state index in [1.165, 1.54) is 45.7 Å². The average Bonchev–Trinajstić information content (AvgIpc) is 3.62. The number of hydrogen-bond acceptors (Lipinski definition) is 14. The van der Waals surface area contributed by atoms with Crippen molar-refractivity contribution in [3.05, 3.63) is 37.8 Å². The Labute approximate surface area is 265 Å². The summed E-state index contributed by atoms with van der Waals surface area (Å²) < 4.78 is 20.4. The van der Waals surface area contributed by atoms with Crippen molar-refractivity contribution in [3.8, 4) is 0 Å². The summed E-state index contributed by atoms with van der Waals surface area (Å²) in [4.78, 5) is 16.5. The zero-order valence-corrected chi connectivity index (χ0v) is 30.3. The average molecular weight is 680 g/mol. The lowest BCUT2D eigenvalue weighted by atomic mass is 10.2. The van der Waals surface area contributed by atoms with Gasteiger partial charge >= 0.3 is 0 Å². The van der Waals surface area contributed by atoms with Crippen LogP contribution in [-0.4, -0.2) is 42.0 Å². The first kappa shape index (κ1) is 37.3. The molecule has 0 amide bonds. The van der Waals surface area contributed by atoms with Gasteiger partial charge in [-0.05, 0) is 36.7 Å². The third kappa shape index (κ3) is 14.8. The monoisotopic (exact) mass is 679 g/mol. The van der Waals surface area contributed by atoms with Crippen molar-refractivity contribution in [1.29, 1.82) is 0 Å². The van der Waals surface area contributed by atoms with Crippen molar-refractivity contribution in [2.45, 2.75) is 85.2 Å². The van der Waals surface area contributed by atoms with Gasteiger partial charge in [-0.25, -0.2) is 19.9 Å². The molecule has 16 heteroatoms. The molecule has 0 atom stereocenters. The highest BCUT2D eigenvalue weighted by Gasteiger charge is 2.14. The third-order valence-corrected chi connectivity index (χ3v) is 9.16. The van der Waals surface area contributed by atoms with E-state index in [1.54, 1.807) is 13.3 Å². The van der Waals surface area contributed by atoms with Crippen LogP contribution in [0.15, 0.2) is 5.38 Å². The first-order valence-corrected chi connectivity index (χ1v) is 19.4. The maximum atomic E-state index is 11.5. The molecule has 0 fully saturated rings. The molecule has 41 heavy (non-hydrogen) atoms. The van der Waals surface area contributed by atoms with Crippen LogP contribution < -0.4 is 17.2 Å². The van der Waals surface area contributed by atoms with E-state index in [0.29, 0.717) is 49.6 Å². The van der Waals surface area contributed by atoms with Gasteiger partial charge in [0, 0.05) is 28.7 Å². The minimum atomic E-state index is -2.00. The molecule has 4 rings (SSSR count). The van der Waals surface area contributed by atoms with Crippen molar-refractivity contribution in [3.63, 3.8) is 0 Å². The molecular weight excluding hydrogens is 637 g/mol. The molecule has 0 aromatic carbocycles. The second-order valence-corrected chi connectivity index (χ2v) is 18.3. The van der Waals surface area contributed by atoms with Crippen molar-refractivity contribution < 1.29 is 4.57 Å². The Kier molecular flexibility index (Phi) is 15.9. The van der Waals surface area contributed by atoms with E-state index in [4.69, 9.17) is 28.8 Å². The molecule has 0 spiro atoms. The molecule has 0 saturated heterocycles. The fraction of sp³-hybridized carbons (Fsp3) is 0.600. The van der Waals surface area contributed by atoms with Gasteiger partial charge in [0.15, 0.2) is 15.4 Å².